The van der Waals surface area contributed by atoms with Gasteiger partial charge in [-0.2, -0.15) is 0 Å². The number of hydrogen-bond donors (Lipinski definition) is 0. The fourth-order valence-electron chi connectivity index (χ4n) is 1.89. The number of nitrogens with zero attached hydrogens (tertiary/aromatic N) is 2. The molecule has 2 nitrogen and oxygen atoms in total. The topological polar surface area (TPSA) is 9.86 Å². The molecule has 0 amide bonds. The van der Waals surface area contributed by atoms with Crippen LogP contribution in [0.25, 0.3) is 0 Å². The van der Waals surface area contributed by atoms with E-state index in [-0.39, 0.29) is 0 Å². The number of hydrogen-bond acceptors (Lipinski definition) is 0. The third kappa shape index (κ3) is 17.5. The van der Waals surface area contributed by atoms with E-state index in [2.05, 4.69) is 69.4 Å². The normalized spacial score (nSPS) is 9.22. The van der Waals surface area contributed by atoms with E-state index >= 15 is 0 Å². The number of aromatic nitrogens is 2. The molecule has 0 aromatic carbocycles. The molecule has 0 radical (unpaired) electrons. The molecule has 0 N–H and O–H groups in total. The molecule has 0 spiro atoms. The minimum absolute atomic E-state index is 0.833. The monoisotopic (exact) mass is 394 g/mol. The van der Waals surface area contributed by atoms with Crippen LogP contribution in [0.3, 0.4) is 0 Å². The van der Waals surface area contributed by atoms with E-state index in [1.807, 2.05) is 20.9 Å². The standard InChI is InChI=1S/C8H13N.C7H11N.2C2H4F2.C2H6/c1-6-5-9(4)8(3)7(6)2;1-6-4-8(3)5-7(6)2;2*1-2(3)4;1-2/h5H,1-4H3;4-5H,1-3H3;2*2H,1H3;1-2H3. The molecule has 0 saturated carbocycles. The van der Waals surface area contributed by atoms with Crippen molar-refractivity contribution in [2.45, 2.75) is 75.2 Å². The van der Waals surface area contributed by atoms with E-state index in [4.69, 9.17) is 0 Å². The number of aryl methyl sites for hydroxylation is 5. The quantitative estimate of drug-likeness (QED) is 0.420. The van der Waals surface area contributed by atoms with Crippen LogP contribution in [-0.2, 0) is 14.1 Å². The van der Waals surface area contributed by atoms with Crippen molar-refractivity contribution in [2.75, 3.05) is 0 Å². The highest BCUT2D eigenvalue weighted by Gasteiger charge is 1.99. The minimum atomic E-state index is -2.17. The summed E-state index contributed by atoms with van der Waals surface area (Å²) in [5.74, 6) is 0. The van der Waals surface area contributed by atoms with E-state index in [0.717, 1.165) is 13.8 Å². The average molecular weight is 395 g/mol. The Balaban J connectivity index is -0.000000293. The Hall–Kier alpha value is -1.72. The number of alkyl halides is 4. The minimum Gasteiger partial charge on any atom is -0.357 e. The van der Waals surface area contributed by atoms with Gasteiger partial charge in [0.2, 0.25) is 12.9 Å². The van der Waals surface area contributed by atoms with Crippen LogP contribution in [0.1, 0.15) is 55.6 Å². The highest BCUT2D eigenvalue weighted by Crippen LogP contribution is 2.11. The highest BCUT2D eigenvalue weighted by atomic mass is 19.3. The van der Waals surface area contributed by atoms with Gasteiger partial charge in [0, 0.05) is 38.4 Å². The van der Waals surface area contributed by atoms with E-state index in [0.29, 0.717) is 0 Å². The van der Waals surface area contributed by atoms with Gasteiger partial charge in [0.05, 0.1) is 0 Å². The summed E-state index contributed by atoms with van der Waals surface area (Å²) in [6.45, 7) is 16.3. The summed E-state index contributed by atoms with van der Waals surface area (Å²) >= 11 is 0. The van der Waals surface area contributed by atoms with Crippen LogP contribution in [-0.4, -0.2) is 22.0 Å². The summed E-state index contributed by atoms with van der Waals surface area (Å²) in [5.41, 5.74) is 6.90. The molecule has 0 atom stereocenters. The maximum Gasteiger partial charge on any atom is 0.235 e. The van der Waals surface area contributed by atoms with Crippen molar-refractivity contribution in [3.05, 3.63) is 46.5 Å². The third-order valence-corrected chi connectivity index (χ3v) is 3.47. The lowest BCUT2D eigenvalue weighted by Crippen LogP contribution is -1.87. The van der Waals surface area contributed by atoms with Gasteiger partial charge in [-0.05, 0) is 70.7 Å². The van der Waals surface area contributed by atoms with Crippen molar-refractivity contribution in [1.29, 1.82) is 0 Å². The fourth-order valence-corrected chi connectivity index (χ4v) is 1.89. The van der Waals surface area contributed by atoms with Gasteiger partial charge in [-0.1, -0.05) is 13.8 Å². The SMILES string of the molecule is CC.CC(F)F.CC(F)F.Cc1cn(C)c(C)c1C.Cc1cn(C)cc1C. The molecule has 0 aliphatic carbocycles. The molecule has 160 valence electrons. The zero-order valence-corrected chi connectivity index (χ0v) is 18.8. The molecule has 0 aliphatic heterocycles. The zero-order valence-electron chi connectivity index (χ0n) is 18.8. The number of halogens is 4. The molecule has 2 heterocycles. The zero-order chi connectivity index (χ0) is 22.3. The van der Waals surface area contributed by atoms with Crippen LogP contribution in [0.5, 0.6) is 0 Å². The van der Waals surface area contributed by atoms with E-state index in [1.54, 1.807) is 0 Å². The van der Waals surface area contributed by atoms with Gasteiger partial charge in [0.1, 0.15) is 0 Å². The van der Waals surface area contributed by atoms with Gasteiger partial charge in [0.15, 0.2) is 0 Å². The first-order valence-corrected chi connectivity index (χ1v) is 9.04. The largest absolute Gasteiger partial charge is 0.357 e. The molecule has 0 aliphatic rings. The molecule has 2 aromatic heterocycles. The van der Waals surface area contributed by atoms with Gasteiger partial charge in [-0.15, -0.1) is 0 Å². The van der Waals surface area contributed by atoms with Crippen molar-refractivity contribution in [3.8, 4) is 0 Å². The Labute approximate surface area is 163 Å². The third-order valence-electron chi connectivity index (χ3n) is 3.47. The van der Waals surface area contributed by atoms with Gasteiger partial charge >= 0.3 is 0 Å². The van der Waals surface area contributed by atoms with E-state index < -0.39 is 12.9 Å². The van der Waals surface area contributed by atoms with E-state index in [9.17, 15) is 17.6 Å². The summed E-state index contributed by atoms with van der Waals surface area (Å²) in [7, 11) is 4.12. The molecule has 0 saturated heterocycles. The van der Waals surface area contributed by atoms with Crippen molar-refractivity contribution in [1.82, 2.24) is 9.13 Å². The van der Waals surface area contributed by atoms with Crippen LogP contribution in [0.15, 0.2) is 18.6 Å². The molecule has 0 fully saturated rings. The van der Waals surface area contributed by atoms with Gasteiger partial charge < -0.3 is 9.13 Å². The average Bonchev–Trinajstić information content (AvgIpc) is 2.93. The maximum atomic E-state index is 10.3. The highest BCUT2D eigenvalue weighted by molar-refractivity contribution is 5.28. The first-order chi connectivity index (χ1) is 12.3. The Morgan fingerprint density at radius 1 is 0.667 bits per heavy atom. The summed E-state index contributed by atoms with van der Waals surface area (Å²) in [5, 5.41) is 0. The summed E-state index contributed by atoms with van der Waals surface area (Å²) < 4.78 is 45.6. The molecular formula is C21H38F4N2. The van der Waals surface area contributed by atoms with Crippen LogP contribution in [0, 0.1) is 34.6 Å². The van der Waals surface area contributed by atoms with Gasteiger partial charge in [0.25, 0.3) is 0 Å². The maximum absolute atomic E-state index is 10.3. The molecule has 2 rings (SSSR count). The lowest BCUT2D eigenvalue weighted by Gasteiger charge is -1.93. The van der Waals surface area contributed by atoms with Crippen LogP contribution >= 0.6 is 0 Å². The molecule has 0 unspecified atom stereocenters. The molecule has 2 aromatic rings. The predicted molar refractivity (Wildman–Crippen MR) is 109 cm³/mol. The summed E-state index contributed by atoms with van der Waals surface area (Å²) in [4.78, 5) is 0. The van der Waals surface area contributed by atoms with E-state index in [1.165, 1.54) is 27.9 Å². The molecule has 27 heavy (non-hydrogen) atoms. The predicted octanol–water partition coefficient (Wildman–Crippen LogP) is 7.16. The second-order valence-electron chi connectivity index (χ2n) is 5.96. The smallest absolute Gasteiger partial charge is 0.235 e. The second-order valence-corrected chi connectivity index (χ2v) is 5.96. The number of rotatable bonds is 0. The fraction of sp³-hybridized carbons (Fsp3) is 0.619. The van der Waals surface area contributed by atoms with Crippen LogP contribution in [0.2, 0.25) is 0 Å². The van der Waals surface area contributed by atoms with Crippen LogP contribution in [0.4, 0.5) is 17.6 Å². The summed E-state index contributed by atoms with van der Waals surface area (Å²) in [6, 6.07) is 0. The first kappa shape index (κ1) is 30.0. The molecular weight excluding hydrogens is 356 g/mol. The van der Waals surface area contributed by atoms with Gasteiger partial charge in [-0.3, -0.25) is 0 Å². The van der Waals surface area contributed by atoms with Crippen molar-refractivity contribution in [3.63, 3.8) is 0 Å². The lowest BCUT2D eigenvalue weighted by atomic mass is 10.2. The molecule has 6 heteroatoms. The Morgan fingerprint density at radius 3 is 1.04 bits per heavy atom. The Kier molecular flexibility index (Phi) is 18.3. The summed E-state index contributed by atoms with van der Waals surface area (Å²) in [6.07, 6.45) is 2.06. The first-order valence-electron chi connectivity index (χ1n) is 9.04. The van der Waals surface area contributed by atoms with Gasteiger partial charge in [-0.25, -0.2) is 17.6 Å². The Morgan fingerprint density at radius 2 is 0.963 bits per heavy atom. The lowest BCUT2D eigenvalue weighted by molar-refractivity contribution is 0.171. The van der Waals surface area contributed by atoms with Crippen molar-refractivity contribution >= 4 is 0 Å². The second kappa shape index (κ2) is 16.5. The van der Waals surface area contributed by atoms with Crippen molar-refractivity contribution in [2.24, 2.45) is 14.1 Å². The molecule has 0 bridgehead atoms. The van der Waals surface area contributed by atoms with Crippen LogP contribution < -0.4 is 0 Å². The van der Waals surface area contributed by atoms with Crippen molar-refractivity contribution < 1.29 is 17.6 Å². The Bertz CT molecular complexity index is 546.